The van der Waals surface area contributed by atoms with Crippen LogP contribution in [0.15, 0.2) is 36.4 Å². The van der Waals surface area contributed by atoms with Crippen molar-refractivity contribution in [3.8, 4) is 11.5 Å². The van der Waals surface area contributed by atoms with Crippen molar-refractivity contribution < 1.29 is 27.8 Å². The van der Waals surface area contributed by atoms with Crippen molar-refractivity contribution in [2.75, 3.05) is 26.3 Å². The molecule has 0 atom stereocenters. The predicted octanol–water partition coefficient (Wildman–Crippen LogP) is 4.43. The summed E-state index contributed by atoms with van der Waals surface area (Å²) in [5.41, 5.74) is 2.74. The Morgan fingerprint density at radius 1 is 0.938 bits per heavy atom. The average Bonchev–Trinajstić information content (AvgIpc) is 2.77. The van der Waals surface area contributed by atoms with Crippen molar-refractivity contribution >= 4 is 34.9 Å². The van der Waals surface area contributed by atoms with Gasteiger partial charge in [-0.3, -0.25) is 15.0 Å². The minimum absolute atomic E-state index is 0.00651. The minimum Gasteiger partial charge on any atom is -0.486 e. The highest BCUT2D eigenvalue weighted by Gasteiger charge is 2.23. The number of hydrogen-bond donors (Lipinski definition) is 1. The molecule has 10 heteroatoms. The van der Waals surface area contributed by atoms with E-state index in [1.165, 1.54) is 24.3 Å². The van der Waals surface area contributed by atoms with Crippen LogP contribution in [0, 0.1) is 17.6 Å². The van der Waals surface area contributed by atoms with Crippen LogP contribution in [-0.4, -0.2) is 43.0 Å². The molecule has 1 amide bonds. The van der Waals surface area contributed by atoms with E-state index in [9.17, 15) is 18.4 Å². The second-order valence-corrected chi connectivity index (χ2v) is 8.25. The molecular formula is C22H22Cl2F2N2O4. The van der Waals surface area contributed by atoms with Crippen LogP contribution in [0.5, 0.6) is 11.5 Å². The molecule has 0 saturated carbocycles. The Labute approximate surface area is 194 Å². The number of ether oxygens (including phenoxy) is 2. The van der Waals surface area contributed by atoms with Crippen molar-refractivity contribution in [3.63, 3.8) is 0 Å². The van der Waals surface area contributed by atoms with Crippen molar-refractivity contribution in [2.24, 2.45) is 5.92 Å². The number of amides is 1. The quantitative estimate of drug-likeness (QED) is 0.567. The number of Topliss-reactive ketones (excluding diaryl/α,β-unsaturated/α-hetero) is 1. The number of carbonyl (C=O) groups is 2. The molecule has 0 aliphatic carbocycles. The number of nitrogens with one attached hydrogen (secondary N) is 1. The van der Waals surface area contributed by atoms with Crippen LogP contribution >= 0.6 is 23.2 Å². The lowest BCUT2D eigenvalue weighted by atomic mass is 9.92. The molecule has 0 aromatic heterocycles. The van der Waals surface area contributed by atoms with Gasteiger partial charge in [0, 0.05) is 31.6 Å². The van der Waals surface area contributed by atoms with Gasteiger partial charge in [0.05, 0.1) is 10.0 Å². The molecule has 32 heavy (non-hydrogen) atoms. The number of benzene rings is 2. The summed E-state index contributed by atoms with van der Waals surface area (Å²) < 4.78 is 37.4. The molecule has 3 rings (SSSR count). The van der Waals surface area contributed by atoms with E-state index in [1.54, 1.807) is 5.01 Å². The van der Waals surface area contributed by atoms with Gasteiger partial charge >= 0.3 is 0 Å². The van der Waals surface area contributed by atoms with E-state index >= 15 is 0 Å². The highest BCUT2D eigenvalue weighted by molar-refractivity contribution is 6.31. The zero-order valence-corrected chi connectivity index (χ0v) is 18.6. The third-order valence-corrected chi connectivity index (χ3v) is 5.58. The number of halogens is 4. The summed E-state index contributed by atoms with van der Waals surface area (Å²) in [6.45, 7) is 0.772. The molecule has 0 bridgehead atoms. The molecule has 172 valence electrons. The van der Waals surface area contributed by atoms with Crippen molar-refractivity contribution in [1.82, 2.24) is 10.4 Å². The molecule has 1 aliphatic heterocycles. The highest BCUT2D eigenvalue weighted by atomic mass is 35.5. The van der Waals surface area contributed by atoms with Crippen LogP contribution in [0.25, 0.3) is 0 Å². The Morgan fingerprint density at radius 2 is 1.47 bits per heavy atom. The van der Waals surface area contributed by atoms with Crippen molar-refractivity contribution in [3.05, 3.63) is 58.1 Å². The molecule has 1 fully saturated rings. The van der Waals surface area contributed by atoms with Gasteiger partial charge in [0.15, 0.2) is 12.4 Å². The highest BCUT2D eigenvalue weighted by Crippen LogP contribution is 2.23. The topological polar surface area (TPSA) is 67.9 Å². The Kier molecular flexibility index (Phi) is 8.67. The van der Waals surface area contributed by atoms with Crippen LogP contribution in [0.3, 0.4) is 0 Å². The van der Waals surface area contributed by atoms with E-state index in [0.717, 1.165) is 25.0 Å². The van der Waals surface area contributed by atoms with E-state index in [4.69, 9.17) is 32.7 Å². The van der Waals surface area contributed by atoms with Crippen LogP contribution < -0.4 is 14.9 Å². The van der Waals surface area contributed by atoms with Crippen molar-refractivity contribution in [2.45, 2.75) is 19.3 Å². The van der Waals surface area contributed by atoms with E-state index in [0.29, 0.717) is 19.5 Å². The Morgan fingerprint density at radius 3 is 2.00 bits per heavy atom. The minimum atomic E-state index is -0.619. The Balaban J connectivity index is 1.33. The van der Waals surface area contributed by atoms with Gasteiger partial charge in [0.2, 0.25) is 0 Å². The van der Waals surface area contributed by atoms with Gasteiger partial charge in [-0.05, 0) is 43.0 Å². The van der Waals surface area contributed by atoms with Gasteiger partial charge in [-0.25, -0.2) is 13.8 Å². The number of ketones is 1. The molecule has 0 spiro atoms. The molecule has 2 aromatic carbocycles. The number of rotatable bonds is 9. The number of carbonyl (C=O) groups excluding carboxylic acids is 2. The number of piperidine rings is 1. The number of hydrazine groups is 1. The van der Waals surface area contributed by atoms with Crippen LogP contribution in [0.1, 0.15) is 19.3 Å². The van der Waals surface area contributed by atoms with E-state index in [2.05, 4.69) is 5.43 Å². The molecular weight excluding hydrogens is 465 g/mol. The standard InChI is InChI=1S/C22H22Cl2F2N2O4/c23-18-3-1-16(10-20(18)25)31-12-15(29)9-14-5-7-28(8-6-14)27-22(30)13-32-17-2-4-19(24)21(26)11-17/h1-4,10-11,14H,5-9,12-13H2,(H,27,30). The monoisotopic (exact) mass is 486 g/mol. The van der Waals surface area contributed by atoms with Gasteiger partial charge in [0.1, 0.15) is 29.7 Å². The smallest absolute Gasteiger partial charge is 0.272 e. The molecule has 6 nitrogen and oxygen atoms in total. The predicted molar refractivity (Wildman–Crippen MR) is 116 cm³/mol. The first-order chi connectivity index (χ1) is 15.3. The third-order valence-electron chi connectivity index (χ3n) is 4.97. The number of hydrogen-bond acceptors (Lipinski definition) is 5. The van der Waals surface area contributed by atoms with Gasteiger partial charge < -0.3 is 9.47 Å². The molecule has 1 N–H and O–H groups in total. The summed E-state index contributed by atoms with van der Waals surface area (Å²) >= 11 is 11.2. The molecule has 2 aromatic rings. The fourth-order valence-corrected chi connectivity index (χ4v) is 3.52. The van der Waals surface area contributed by atoms with Crippen LogP contribution in [0.4, 0.5) is 8.78 Å². The second-order valence-electron chi connectivity index (χ2n) is 7.44. The zero-order chi connectivity index (χ0) is 23.1. The summed E-state index contributed by atoms with van der Waals surface area (Å²) in [5.74, 6) is -1.02. The lowest BCUT2D eigenvalue weighted by molar-refractivity contribution is -0.129. The van der Waals surface area contributed by atoms with Crippen LogP contribution in [0.2, 0.25) is 10.0 Å². The maximum absolute atomic E-state index is 13.4. The van der Waals surface area contributed by atoms with E-state index in [1.807, 2.05) is 0 Å². The third kappa shape index (κ3) is 7.32. The van der Waals surface area contributed by atoms with Gasteiger partial charge in [-0.15, -0.1) is 0 Å². The summed E-state index contributed by atoms with van der Waals surface area (Å²) in [5, 5.41) is 1.74. The lowest BCUT2D eigenvalue weighted by Crippen LogP contribution is -2.48. The first-order valence-electron chi connectivity index (χ1n) is 10.0. The molecule has 0 radical (unpaired) electrons. The summed E-state index contributed by atoms with van der Waals surface area (Å²) in [4.78, 5) is 24.2. The second kappa shape index (κ2) is 11.4. The Bertz CT molecular complexity index is 891. The average molecular weight is 487 g/mol. The normalized spacial score (nSPS) is 14.8. The van der Waals surface area contributed by atoms with E-state index in [-0.39, 0.29) is 52.4 Å². The van der Waals surface area contributed by atoms with Gasteiger partial charge in [-0.2, -0.15) is 0 Å². The summed E-state index contributed by atoms with van der Waals surface area (Å²) in [6.07, 6.45) is 1.80. The Hall–Kier alpha value is -2.42. The van der Waals surface area contributed by atoms with Gasteiger partial charge in [-0.1, -0.05) is 23.2 Å². The maximum atomic E-state index is 13.4. The fraction of sp³-hybridized carbons (Fsp3) is 0.364. The maximum Gasteiger partial charge on any atom is 0.272 e. The van der Waals surface area contributed by atoms with Gasteiger partial charge in [0.25, 0.3) is 5.91 Å². The summed E-state index contributed by atoms with van der Waals surface area (Å²) in [7, 11) is 0. The first kappa shape index (κ1) is 24.2. The van der Waals surface area contributed by atoms with Crippen LogP contribution in [-0.2, 0) is 9.59 Å². The largest absolute Gasteiger partial charge is 0.486 e. The summed E-state index contributed by atoms with van der Waals surface area (Å²) in [6, 6.07) is 7.98. The molecule has 1 saturated heterocycles. The van der Waals surface area contributed by atoms with Crippen molar-refractivity contribution in [1.29, 1.82) is 0 Å². The van der Waals surface area contributed by atoms with E-state index < -0.39 is 11.6 Å². The lowest BCUT2D eigenvalue weighted by Gasteiger charge is -2.31. The molecule has 1 heterocycles. The zero-order valence-electron chi connectivity index (χ0n) is 17.1. The SMILES string of the molecule is O=C(COc1ccc(Cl)c(F)c1)CC1CCN(NC(=O)COc2ccc(Cl)c(F)c2)CC1. The fourth-order valence-electron chi connectivity index (χ4n) is 3.28. The molecule has 0 unspecified atom stereocenters. The first-order valence-corrected chi connectivity index (χ1v) is 10.8. The molecule has 1 aliphatic rings. The number of nitrogens with zero attached hydrogens (tertiary/aromatic N) is 1.